The van der Waals surface area contributed by atoms with E-state index >= 15 is 0 Å². The third kappa shape index (κ3) is 32.3. The van der Waals surface area contributed by atoms with E-state index in [-0.39, 0.29) is 26.1 Å². The second kappa shape index (κ2) is 40.7. The normalized spacial score (nSPS) is 19.7. The number of carbonyl (C=O) groups excluding carboxylic acids is 2. The zero-order valence-corrected chi connectivity index (χ0v) is 38.9. The summed E-state index contributed by atoms with van der Waals surface area (Å²) in [5.74, 6) is -2.44. The molecule has 0 aromatic carbocycles. The SMILES string of the molecule is CCCC/C=C\CCCCCCCC(=O)OCC(COC1OC(C(=O)O)C(O)C(O)C1O)OC(=O)CCCCCCCCCCCCCCCCCCCCCCCCCC. The summed E-state index contributed by atoms with van der Waals surface area (Å²) in [6, 6.07) is 0. The van der Waals surface area contributed by atoms with Crippen molar-refractivity contribution in [3.63, 3.8) is 0 Å². The summed E-state index contributed by atoms with van der Waals surface area (Å²) >= 11 is 0. The first-order chi connectivity index (χ1) is 29.7. The third-order valence-electron chi connectivity index (χ3n) is 11.9. The van der Waals surface area contributed by atoms with Crippen molar-refractivity contribution in [2.24, 2.45) is 0 Å². The second-order valence-electron chi connectivity index (χ2n) is 17.7. The Morgan fingerprint density at radius 2 is 0.885 bits per heavy atom. The number of carbonyl (C=O) groups is 3. The van der Waals surface area contributed by atoms with E-state index in [4.69, 9.17) is 18.9 Å². The summed E-state index contributed by atoms with van der Waals surface area (Å²) in [6.45, 7) is 3.80. The van der Waals surface area contributed by atoms with Crippen LogP contribution in [0.2, 0.25) is 0 Å². The van der Waals surface area contributed by atoms with E-state index in [9.17, 15) is 34.8 Å². The van der Waals surface area contributed by atoms with Gasteiger partial charge in [0.05, 0.1) is 6.61 Å². The molecule has 6 atom stereocenters. The van der Waals surface area contributed by atoms with Crippen molar-refractivity contribution in [2.75, 3.05) is 13.2 Å². The molecule has 0 bridgehead atoms. The Labute approximate surface area is 371 Å². The van der Waals surface area contributed by atoms with E-state index in [1.165, 1.54) is 141 Å². The van der Waals surface area contributed by atoms with Crippen LogP contribution in [0.25, 0.3) is 0 Å². The number of aliphatic hydroxyl groups is 3. The Morgan fingerprint density at radius 3 is 1.33 bits per heavy atom. The predicted molar refractivity (Wildman–Crippen MR) is 243 cm³/mol. The summed E-state index contributed by atoms with van der Waals surface area (Å²) in [4.78, 5) is 36.8. The van der Waals surface area contributed by atoms with Gasteiger partial charge in [0.2, 0.25) is 0 Å². The van der Waals surface area contributed by atoms with E-state index in [1.807, 2.05) is 0 Å². The lowest BCUT2D eigenvalue weighted by atomic mass is 9.99. The molecule has 0 saturated carbocycles. The van der Waals surface area contributed by atoms with Crippen molar-refractivity contribution in [2.45, 2.75) is 275 Å². The molecule has 4 N–H and O–H groups in total. The minimum Gasteiger partial charge on any atom is -0.479 e. The predicted octanol–water partition coefficient (Wildman–Crippen LogP) is 11.6. The molecule has 0 radical (unpaired) electrons. The Hall–Kier alpha value is -2.05. The van der Waals surface area contributed by atoms with Crippen LogP contribution in [0.1, 0.15) is 239 Å². The van der Waals surface area contributed by atoms with Crippen molar-refractivity contribution >= 4 is 17.9 Å². The highest BCUT2D eigenvalue weighted by Crippen LogP contribution is 2.23. The van der Waals surface area contributed by atoms with Crippen LogP contribution in [0, 0.1) is 0 Å². The third-order valence-corrected chi connectivity index (χ3v) is 11.9. The van der Waals surface area contributed by atoms with E-state index in [0.29, 0.717) is 12.8 Å². The van der Waals surface area contributed by atoms with Gasteiger partial charge in [-0.05, 0) is 32.1 Å². The average molecular weight is 869 g/mol. The van der Waals surface area contributed by atoms with Gasteiger partial charge >= 0.3 is 17.9 Å². The van der Waals surface area contributed by atoms with Gasteiger partial charge < -0.3 is 39.4 Å². The Kier molecular flexibility index (Phi) is 38.0. The molecule has 1 fully saturated rings. The number of hydrogen-bond donors (Lipinski definition) is 4. The number of carboxylic acid groups (broad SMARTS) is 1. The molecule has 0 aliphatic carbocycles. The van der Waals surface area contributed by atoms with Gasteiger partial charge in [0, 0.05) is 12.8 Å². The number of rotatable bonds is 43. The zero-order valence-electron chi connectivity index (χ0n) is 38.9. The maximum Gasteiger partial charge on any atom is 0.335 e. The van der Waals surface area contributed by atoms with Gasteiger partial charge in [-0.25, -0.2) is 4.79 Å². The Bertz CT molecular complexity index is 1070. The van der Waals surface area contributed by atoms with Crippen molar-refractivity contribution in [3.05, 3.63) is 12.2 Å². The van der Waals surface area contributed by atoms with Gasteiger partial charge in [0.1, 0.15) is 24.9 Å². The number of ether oxygens (including phenoxy) is 4. The van der Waals surface area contributed by atoms with Crippen LogP contribution in [0.15, 0.2) is 12.2 Å². The minimum atomic E-state index is -1.86. The highest BCUT2D eigenvalue weighted by atomic mass is 16.7. The molecule has 1 rings (SSSR count). The number of hydrogen-bond acceptors (Lipinski definition) is 10. The van der Waals surface area contributed by atoms with Crippen LogP contribution in [0.4, 0.5) is 0 Å². The first-order valence-corrected chi connectivity index (χ1v) is 25.2. The Morgan fingerprint density at radius 1 is 0.492 bits per heavy atom. The molecular weight excluding hydrogens is 777 g/mol. The summed E-state index contributed by atoms with van der Waals surface area (Å²) in [5.41, 5.74) is 0. The van der Waals surface area contributed by atoms with Gasteiger partial charge in [0.25, 0.3) is 0 Å². The van der Waals surface area contributed by atoms with Crippen LogP contribution in [0.3, 0.4) is 0 Å². The lowest BCUT2D eigenvalue weighted by molar-refractivity contribution is -0.298. The molecule has 358 valence electrons. The molecule has 1 aliphatic rings. The highest BCUT2D eigenvalue weighted by molar-refractivity contribution is 5.73. The molecule has 11 nitrogen and oxygen atoms in total. The van der Waals surface area contributed by atoms with E-state index in [1.54, 1.807) is 0 Å². The van der Waals surface area contributed by atoms with Crippen LogP contribution in [0.5, 0.6) is 0 Å². The number of esters is 2. The summed E-state index contributed by atoms with van der Waals surface area (Å²) in [6.07, 6.45) is 35.7. The van der Waals surface area contributed by atoms with Crippen molar-refractivity contribution in [1.82, 2.24) is 0 Å². The molecule has 1 aliphatic heterocycles. The number of unbranched alkanes of at least 4 members (excludes halogenated alkanes) is 30. The average Bonchev–Trinajstić information content (AvgIpc) is 3.24. The number of aliphatic carboxylic acids is 1. The molecule has 61 heavy (non-hydrogen) atoms. The summed E-state index contributed by atoms with van der Waals surface area (Å²) < 4.78 is 21.8. The molecule has 11 heteroatoms. The van der Waals surface area contributed by atoms with Gasteiger partial charge in [0.15, 0.2) is 18.5 Å². The molecule has 1 heterocycles. The Balaban J connectivity index is 2.23. The molecule has 0 amide bonds. The quantitative estimate of drug-likeness (QED) is 0.0261. The van der Waals surface area contributed by atoms with Crippen LogP contribution in [-0.2, 0) is 33.3 Å². The first-order valence-electron chi connectivity index (χ1n) is 25.2. The smallest absolute Gasteiger partial charge is 0.335 e. The highest BCUT2D eigenvalue weighted by Gasteiger charge is 2.47. The monoisotopic (exact) mass is 869 g/mol. The van der Waals surface area contributed by atoms with Gasteiger partial charge in [-0.15, -0.1) is 0 Å². The second-order valence-corrected chi connectivity index (χ2v) is 17.7. The van der Waals surface area contributed by atoms with Crippen molar-refractivity contribution in [3.8, 4) is 0 Å². The number of carboxylic acids is 1. The maximum atomic E-state index is 12.8. The molecule has 6 unspecified atom stereocenters. The summed E-state index contributed by atoms with van der Waals surface area (Å²) in [7, 11) is 0. The zero-order chi connectivity index (χ0) is 44.6. The van der Waals surface area contributed by atoms with Gasteiger partial charge in [-0.3, -0.25) is 9.59 Å². The lowest BCUT2D eigenvalue weighted by Gasteiger charge is -2.38. The number of allylic oxidation sites excluding steroid dienone is 2. The summed E-state index contributed by atoms with van der Waals surface area (Å²) in [5, 5.41) is 39.8. The minimum absolute atomic E-state index is 0.187. The maximum absolute atomic E-state index is 12.8. The van der Waals surface area contributed by atoms with Crippen molar-refractivity contribution < 1.29 is 53.8 Å². The van der Waals surface area contributed by atoms with Crippen LogP contribution < -0.4 is 0 Å². The van der Waals surface area contributed by atoms with Crippen molar-refractivity contribution in [1.29, 1.82) is 0 Å². The lowest BCUT2D eigenvalue weighted by Crippen LogP contribution is -2.60. The van der Waals surface area contributed by atoms with Crippen LogP contribution >= 0.6 is 0 Å². The first kappa shape index (κ1) is 57.0. The molecule has 0 spiro atoms. The topological polar surface area (TPSA) is 169 Å². The largest absolute Gasteiger partial charge is 0.479 e. The standard InChI is InChI=1S/C50H92O11/c1-3-5-7-9-11-13-15-16-17-18-19-20-21-22-23-24-25-26-27-29-31-33-35-37-39-44(52)60-42(41-59-50-47(55)45(53)46(54)48(61-50)49(56)57)40-58-43(51)38-36-34-32-30-28-14-12-10-8-6-4-2/h10,12,42,45-48,50,53-55H,3-9,11,13-41H2,1-2H3,(H,56,57)/b12-10-. The fraction of sp³-hybridized carbons (Fsp3) is 0.900. The molecule has 1 saturated heterocycles. The fourth-order valence-electron chi connectivity index (χ4n) is 7.86. The van der Waals surface area contributed by atoms with Crippen LogP contribution in [-0.4, -0.2) is 88.4 Å². The molecule has 0 aromatic rings. The van der Waals surface area contributed by atoms with Gasteiger partial charge in [-0.1, -0.05) is 206 Å². The van der Waals surface area contributed by atoms with E-state index < -0.39 is 54.7 Å². The fourth-order valence-corrected chi connectivity index (χ4v) is 7.86. The molecular formula is C50H92O11. The van der Waals surface area contributed by atoms with Gasteiger partial charge in [-0.2, -0.15) is 0 Å². The van der Waals surface area contributed by atoms with E-state index in [2.05, 4.69) is 26.0 Å². The number of aliphatic hydroxyl groups excluding tert-OH is 3. The molecule has 0 aromatic heterocycles. The van der Waals surface area contributed by atoms with E-state index in [0.717, 1.165) is 57.8 Å².